The maximum Gasteiger partial charge on any atom is 0.337 e. The van der Waals surface area contributed by atoms with Crippen molar-refractivity contribution in [1.29, 1.82) is 5.41 Å². The minimum Gasteiger partial charge on any atom is -0.462 e. The zero-order valence-corrected chi connectivity index (χ0v) is 23.9. The molecule has 0 aromatic heterocycles. The maximum absolute atomic E-state index is 13.3. The highest BCUT2D eigenvalue weighted by atomic mass is 16.5. The fourth-order valence-electron chi connectivity index (χ4n) is 5.03. The highest BCUT2D eigenvalue weighted by molar-refractivity contribution is 5.95. The third-order valence-corrected chi connectivity index (χ3v) is 7.11. The second-order valence-corrected chi connectivity index (χ2v) is 10.3. The standard InChI is InChI=1S/C29H50N6O4/c1-3-5-7-9-11-15-23(36)21-22-17-18-25-26(27(37)39-20-14-13-19-34(38)28(30)31)24(33-29(32)35(22)25)16-12-10-8-6-4-2/h7-10,22-24,36,38H,3-6,11-21H2,1-2H3,(H3,30,31)(H2,32,33). The van der Waals surface area contributed by atoms with Gasteiger partial charge < -0.3 is 26.2 Å². The molecule has 1 fully saturated rings. The number of hydrogen-bond acceptors (Lipinski definition) is 8. The van der Waals surface area contributed by atoms with E-state index in [1.165, 1.54) is 0 Å². The van der Waals surface area contributed by atoms with Crippen molar-refractivity contribution in [3.8, 4) is 0 Å². The fourth-order valence-corrected chi connectivity index (χ4v) is 5.03. The van der Waals surface area contributed by atoms with E-state index in [2.05, 4.69) is 38.2 Å². The first-order valence-electron chi connectivity index (χ1n) is 14.6. The van der Waals surface area contributed by atoms with Crippen LogP contribution in [0.2, 0.25) is 0 Å². The van der Waals surface area contributed by atoms with Gasteiger partial charge in [0.15, 0.2) is 5.96 Å². The molecule has 2 aliphatic rings. The molecule has 3 unspecified atom stereocenters. The molecular weight excluding hydrogens is 496 g/mol. The number of aliphatic imine (C=N–C) groups is 1. The number of rotatable bonds is 18. The van der Waals surface area contributed by atoms with E-state index >= 15 is 0 Å². The number of allylic oxidation sites excluding steroid dienone is 5. The van der Waals surface area contributed by atoms with Gasteiger partial charge in [0.05, 0.1) is 24.3 Å². The van der Waals surface area contributed by atoms with Crippen LogP contribution in [0.4, 0.5) is 0 Å². The van der Waals surface area contributed by atoms with Gasteiger partial charge in [-0.2, -0.15) is 0 Å². The summed E-state index contributed by atoms with van der Waals surface area (Å²) < 4.78 is 5.65. The molecule has 0 aliphatic carbocycles. The van der Waals surface area contributed by atoms with Crippen LogP contribution in [0.15, 0.2) is 40.6 Å². The van der Waals surface area contributed by atoms with Crippen LogP contribution in [0.1, 0.15) is 97.3 Å². The van der Waals surface area contributed by atoms with E-state index in [1.54, 1.807) is 0 Å². The highest BCUT2D eigenvalue weighted by Gasteiger charge is 2.41. The lowest BCUT2D eigenvalue weighted by atomic mass is 9.97. The molecule has 1 saturated heterocycles. The van der Waals surface area contributed by atoms with Gasteiger partial charge in [0, 0.05) is 18.3 Å². The average molecular weight is 547 g/mol. The van der Waals surface area contributed by atoms with E-state index in [-0.39, 0.29) is 31.2 Å². The van der Waals surface area contributed by atoms with Gasteiger partial charge in [-0.15, -0.1) is 0 Å². The van der Waals surface area contributed by atoms with Crippen LogP contribution in [0.5, 0.6) is 0 Å². The van der Waals surface area contributed by atoms with Gasteiger partial charge in [0.2, 0.25) is 5.96 Å². The second kappa shape index (κ2) is 17.7. The SMILES string of the molecule is CCCC=CCCC(O)CC1CCC2=C(C(=O)OCCCCN(O)C(=N)N)C(CCC=CCCC)N=C(N)N21. The van der Waals surface area contributed by atoms with Crippen molar-refractivity contribution in [2.45, 2.75) is 116 Å². The minimum atomic E-state index is -0.452. The van der Waals surface area contributed by atoms with Crippen molar-refractivity contribution >= 4 is 17.9 Å². The number of nitrogens with one attached hydrogen (secondary N) is 1. The summed E-state index contributed by atoms with van der Waals surface area (Å²) in [6, 6.07) is -0.373. The topological polar surface area (TPSA) is 161 Å². The van der Waals surface area contributed by atoms with Crippen LogP contribution >= 0.6 is 0 Å². The summed E-state index contributed by atoms with van der Waals surface area (Å²) in [4.78, 5) is 20.0. The number of nitrogens with two attached hydrogens (primary N) is 2. The Morgan fingerprint density at radius 2 is 1.85 bits per heavy atom. The Hall–Kier alpha value is -2.85. The van der Waals surface area contributed by atoms with E-state index < -0.39 is 12.1 Å². The molecule has 2 aliphatic heterocycles. The van der Waals surface area contributed by atoms with Crippen LogP contribution in [0.25, 0.3) is 0 Å². The molecule has 10 heteroatoms. The van der Waals surface area contributed by atoms with E-state index in [1.807, 2.05) is 4.90 Å². The second-order valence-electron chi connectivity index (χ2n) is 10.3. The molecule has 0 radical (unpaired) electrons. The molecule has 7 N–H and O–H groups in total. The zero-order valence-electron chi connectivity index (χ0n) is 23.9. The number of aliphatic hydroxyl groups excluding tert-OH is 1. The zero-order chi connectivity index (χ0) is 28.6. The summed E-state index contributed by atoms with van der Waals surface area (Å²) in [6.45, 7) is 4.67. The average Bonchev–Trinajstić information content (AvgIpc) is 3.31. The molecule has 2 rings (SSSR count). The number of nitrogens with zero attached hydrogens (tertiary/aromatic N) is 3. The number of carbonyl (C=O) groups excluding carboxylic acids is 1. The van der Waals surface area contributed by atoms with E-state index in [9.17, 15) is 15.1 Å². The molecular formula is C29H50N6O4. The van der Waals surface area contributed by atoms with Crippen LogP contribution in [-0.2, 0) is 9.53 Å². The third-order valence-electron chi connectivity index (χ3n) is 7.11. The van der Waals surface area contributed by atoms with Crippen LogP contribution in [0.3, 0.4) is 0 Å². The number of unbranched alkanes of at least 4 members (excludes halogenated alkanes) is 3. The Balaban J connectivity index is 2.08. The summed E-state index contributed by atoms with van der Waals surface area (Å²) >= 11 is 0. The summed E-state index contributed by atoms with van der Waals surface area (Å²) in [7, 11) is 0. The molecule has 2 heterocycles. The molecule has 0 bridgehead atoms. The van der Waals surface area contributed by atoms with Crippen LogP contribution in [0, 0.1) is 5.41 Å². The number of ether oxygens (including phenoxy) is 1. The van der Waals surface area contributed by atoms with Crippen molar-refractivity contribution in [1.82, 2.24) is 9.96 Å². The number of esters is 1. The van der Waals surface area contributed by atoms with Crippen molar-refractivity contribution in [3.05, 3.63) is 35.6 Å². The molecule has 3 atom stereocenters. The monoisotopic (exact) mass is 546 g/mol. The number of aliphatic hydroxyl groups is 1. The number of carbonyl (C=O) groups is 1. The summed E-state index contributed by atoms with van der Waals surface area (Å²) in [5, 5.41) is 28.1. The van der Waals surface area contributed by atoms with Crippen LogP contribution in [-0.4, -0.2) is 69.5 Å². The van der Waals surface area contributed by atoms with Crippen molar-refractivity contribution in [3.63, 3.8) is 0 Å². The smallest absolute Gasteiger partial charge is 0.337 e. The van der Waals surface area contributed by atoms with Gasteiger partial charge in [0.25, 0.3) is 0 Å². The number of hydrogen-bond donors (Lipinski definition) is 5. The van der Waals surface area contributed by atoms with Gasteiger partial charge in [-0.1, -0.05) is 51.0 Å². The largest absolute Gasteiger partial charge is 0.462 e. The molecule has 10 nitrogen and oxygen atoms in total. The fraction of sp³-hybridized carbons (Fsp3) is 0.690. The normalized spacial score (nSPS) is 20.0. The first-order chi connectivity index (χ1) is 18.8. The number of hydroxylamine groups is 2. The van der Waals surface area contributed by atoms with E-state index in [4.69, 9.17) is 26.6 Å². The minimum absolute atomic E-state index is 0.00584. The molecule has 0 amide bonds. The van der Waals surface area contributed by atoms with Gasteiger partial charge in [-0.3, -0.25) is 10.6 Å². The number of guanidine groups is 2. The Morgan fingerprint density at radius 3 is 2.51 bits per heavy atom. The summed E-state index contributed by atoms with van der Waals surface area (Å²) in [5.74, 6) is -0.390. The lowest BCUT2D eigenvalue weighted by Gasteiger charge is -2.34. The van der Waals surface area contributed by atoms with Gasteiger partial charge in [-0.25, -0.2) is 14.9 Å². The van der Waals surface area contributed by atoms with Crippen LogP contribution < -0.4 is 11.5 Å². The van der Waals surface area contributed by atoms with E-state index in [0.29, 0.717) is 55.1 Å². The Kier molecular flexibility index (Phi) is 14.7. The Morgan fingerprint density at radius 1 is 1.18 bits per heavy atom. The van der Waals surface area contributed by atoms with Crippen molar-refractivity contribution in [2.75, 3.05) is 13.2 Å². The quantitative estimate of drug-likeness (QED) is 0.0424. The molecule has 0 saturated carbocycles. The summed E-state index contributed by atoms with van der Waals surface area (Å²) in [6.07, 6.45) is 18.5. The molecule has 0 aromatic rings. The third kappa shape index (κ3) is 10.7. The summed E-state index contributed by atoms with van der Waals surface area (Å²) in [5.41, 5.74) is 13.1. The predicted molar refractivity (Wildman–Crippen MR) is 155 cm³/mol. The molecule has 0 spiro atoms. The molecule has 220 valence electrons. The van der Waals surface area contributed by atoms with Gasteiger partial charge in [-0.05, 0) is 70.6 Å². The van der Waals surface area contributed by atoms with Crippen molar-refractivity contribution < 1.29 is 19.8 Å². The predicted octanol–water partition coefficient (Wildman–Crippen LogP) is 4.33. The first-order valence-corrected chi connectivity index (χ1v) is 14.6. The lowest BCUT2D eigenvalue weighted by Crippen LogP contribution is -2.46. The number of fused-ring (bicyclic) bond motifs is 1. The molecule has 0 aromatic carbocycles. The highest BCUT2D eigenvalue weighted by Crippen LogP contribution is 2.38. The lowest BCUT2D eigenvalue weighted by molar-refractivity contribution is -0.139. The van der Waals surface area contributed by atoms with E-state index in [0.717, 1.165) is 50.6 Å². The van der Waals surface area contributed by atoms with Gasteiger partial charge >= 0.3 is 5.97 Å². The first kappa shape index (κ1) is 32.4. The Labute approximate surface area is 233 Å². The van der Waals surface area contributed by atoms with Crippen molar-refractivity contribution in [2.24, 2.45) is 16.5 Å². The maximum atomic E-state index is 13.3. The molecule has 39 heavy (non-hydrogen) atoms. The Bertz CT molecular complexity index is 900. The van der Waals surface area contributed by atoms with Gasteiger partial charge in [0.1, 0.15) is 0 Å².